The maximum Gasteiger partial charge on any atom is 0.407 e. The summed E-state index contributed by atoms with van der Waals surface area (Å²) in [6, 6.07) is 0.186. The highest BCUT2D eigenvalue weighted by Crippen LogP contribution is 2.19. The number of carbonyl (C=O) groups excluding carboxylic acids is 1. The minimum absolute atomic E-state index is 0.0868. The first kappa shape index (κ1) is 6.91. The van der Waals surface area contributed by atoms with Gasteiger partial charge in [-0.3, -0.25) is 0 Å². The van der Waals surface area contributed by atoms with Gasteiger partial charge in [-0.15, -0.1) is 0 Å². The van der Waals surface area contributed by atoms with Crippen molar-refractivity contribution in [2.75, 3.05) is 13.1 Å². The molecular weight excluding hydrogens is 144 g/mol. The lowest BCUT2D eigenvalue weighted by Gasteiger charge is -2.28. The monoisotopic (exact) mass is 156 g/mol. The molecule has 0 saturated carbocycles. The summed E-state index contributed by atoms with van der Waals surface area (Å²) in [5.41, 5.74) is 0. The first-order valence-corrected chi connectivity index (χ1v) is 3.95. The summed E-state index contributed by atoms with van der Waals surface area (Å²) < 4.78 is 5.09. The molecule has 2 aliphatic heterocycles. The van der Waals surface area contributed by atoms with Crippen LogP contribution >= 0.6 is 0 Å². The van der Waals surface area contributed by atoms with Crippen molar-refractivity contribution in [2.45, 2.75) is 19.1 Å². The molecule has 0 radical (unpaired) electrons. The standard InChI is InChI=1S/C7H12N2O2/c1-4-2-8-3-5-6(4)11-7(10)9-5/h4-6,8H,2-3H2,1H3,(H,9,10)/t4-,5?,6+/m0/s1. The Kier molecular flexibility index (Phi) is 1.49. The molecular formula is C7H12N2O2. The Labute approximate surface area is 65.3 Å². The summed E-state index contributed by atoms with van der Waals surface area (Å²) >= 11 is 0. The van der Waals surface area contributed by atoms with Crippen molar-refractivity contribution in [2.24, 2.45) is 5.92 Å². The van der Waals surface area contributed by atoms with Crippen molar-refractivity contribution in [1.82, 2.24) is 10.6 Å². The molecule has 4 nitrogen and oxygen atoms in total. The summed E-state index contributed by atoms with van der Waals surface area (Å²) in [7, 11) is 0. The van der Waals surface area contributed by atoms with Crippen molar-refractivity contribution >= 4 is 6.09 Å². The number of rotatable bonds is 0. The summed E-state index contributed by atoms with van der Waals surface area (Å²) in [6.45, 7) is 3.86. The lowest BCUT2D eigenvalue weighted by Crippen LogP contribution is -2.51. The van der Waals surface area contributed by atoms with Crippen LogP contribution in [0.5, 0.6) is 0 Å². The lowest BCUT2D eigenvalue weighted by atomic mass is 9.95. The fraction of sp³-hybridized carbons (Fsp3) is 0.857. The van der Waals surface area contributed by atoms with Crippen molar-refractivity contribution in [3.8, 4) is 0 Å². The molecule has 62 valence electrons. The molecule has 0 aliphatic carbocycles. The Hall–Kier alpha value is -0.770. The van der Waals surface area contributed by atoms with Crippen molar-refractivity contribution in [1.29, 1.82) is 0 Å². The average Bonchev–Trinajstić information content (AvgIpc) is 2.31. The fourth-order valence-corrected chi connectivity index (χ4v) is 1.74. The Morgan fingerprint density at radius 2 is 2.36 bits per heavy atom. The molecule has 0 aromatic rings. The second kappa shape index (κ2) is 2.37. The number of piperidine rings is 1. The van der Waals surface area contributed by atoms with Gasteiger partial charge in [0.1, 0.15) is 6.10 Å². The van der Waals surface area contributed by atoms with E-state index in [9.17, 15) is 4.79 Å². The number of fused-ring (bicyclic) bond motifs is 1. The van der Waals surface area contributed by atoms with Crippen molar-refractivity contribution in [3.63, 3.8) is 0 Å². The number of ether oxygens (including phenoxy) is 1. The van der Waals surface area contributed by atoms with Gasteiger partial charge in [0.05, 0.1) is 6.04 Å². The second-order valence-electron chi connectivity index (χ2n) is 3.26. The van der Waals surface area contributed by atoms with Crippen LogP contribution in [-0.2, 0) is 4.74 Å². The molecule has 0 aromatic heterocycles. The smallest absolute Gasteiger partial charge is 0.407 e. The van der Waals surface area contributed by atoms with Gasteiger partial charge in [0.15, 0.2) is 0 Å². The van der Waals surface area contributed by atoms with Crippen LogP contribution in [0.15, 0.2) is 0 Å². The molecule has 4 heteroatoms. The van der Waals surface area contributed by atoms with E-state index in [-0.39, 0.29) is 18.2 Å². The predicted octanol–water partition coefficient (Wildman–Crippen LogP) is -0.297. The van der Waals surface area contributed by atoms with Gasteiger partial charge in [0.25, 0.3) is 0 Å². The molecule has 0 spiro atoms. The van der Waals surface area contributed by atoms with E-state index < -0.39 is 0 Å². The number of carbonyl (C=O) groups is 1. The SMILES string of the molecule is C[C@H]1CNCC2NC(=O)O[C@@H]21. The molecule has 3 atom stereocenters. The summed E-state index contributed by atoms with van der Waals surface area (Å²) in [5.74, 6) is 0.424. The summed E-state index contributed by atoms with van der Waals surface area (Å²) in [5, 5.41) is 5.99. The maximum absolute atomic E-state index is 10.8. The highest BCUT2D eigenvalue weighted by atomic mass is 16.6. The summed E-state index contributed by atoms with van der Waals surface area (Å²) in [6.07, 6.45) is -0.181. The van der Waals surface area contributed by atoms with E-state index in [1.807, 2.05) is 0 Å². The van der Waals surface area contributed by atoms with E-state index in [0.29, 0.717) is 5.92 Å². The Morgan fingerprint density at radius 3 is 3.09 bits per heavy atom. The zero-order valence-corrected chi connectivity index (χ0v) is 6.46. The molecule has 2 aliphatic rings. The third-order valence-electron chi connectivity index (χ3n) is 2.33. The average molecular weight is 156 g/mol. The molecule has 2 heterocycles. The zero-order chi connectivity index (χ0) is 7.84. The highest BCUT2D eigenvalue weighted by molar-refractivity contribution is 5.70. The van der Waals surface area contributed by atoms with E-state index in [2.05, 4.69) is 17.6 Å². The molecule has 2 rings (SSSR count). The molecule has 2 saturated heterocycles. The van der Waals surface area contributed by atoms with E-state index in [4.69, 9.17) is 4.74 Å². The highest BCUT2D eigenvalue weighted by Gasteiger charge is 2.39. The number of amides is 1. The van der Waals surface area contributed by atoms with E-state index in [1.54, 1.807) is 0 Å². The van der Waals surface area contributed by atoms with Crippen LogP contribution in [0, 0.1) is 5.92 Å². The quantitative estimate of drug-likeness (QED) is 0.506. The van der Waals surface area contributed by atoms with Gasteiger partial charge in [-0.2, -0.15) is 0 Å². The summed E-state index contributed by atoms with van der Waals surface area (Å²) in [4.78, 5) is 10.8. The van der Waals surface area contributed by atoms with Gasteiger partial charge in [-0.1, -0.05) is 6.92 Å². The first-order chi connectivity index (χ1) is 5.27. The van der Waals surface area contributed by atoms with Gasteiger partial charge in [0, 0.05) is 19.0 Å². The van der Waals surface area contributed by atoms with Gasteiger partial charge < -0.3 is 15.4 Å². The molecule has 1 amide bonds. The Bertz CT molecular complexity index is 183. The lowest BCUT2D eigenvalue weighted by molar-refractivity contribution is 0.0831. The van der Waals surface area contributed by atoms with E-state index in [1.165, 1.54) is 0 Å². The first-order valence-electron chi connectivity index (χ1n) is 3.95. The van der Waals surface area contributed by atoms with Crippen LogP contribution in [0.4, 0.5) is 4.79 Å². The molecule has 11 heavy (non-hydrogen) atoms. The minimum atomic E-state index is -0.268. The Balaban J connectivity index is 2.09. The number of alkyl carbamates (subject to hydrolysis) is 1. The minimum Gasteiger partial charge on any atom is -0.444 e. The van der Waals surface area contributed by atoms with Gasteiger partial charge in [-0.05, 0) is 0 Å². The van der Waals surface area contributed by atoms with Gasteiger partial charge in [-0.25, -0.2) is 4.79 Å². The molecule has 0 bridgehead atoms. The van der Waals surface area contributed by atoms with Crippen LogP contribution in [-0.4, -0.2) is 31.3 Å². The second-order valence-corrected chi connectivity index (χ2v) is 3.26. The molecule has 2 N–H and O–H groups in total. The van der Waals surface area contributed by atoms with Crippen LogP contribution in [0.25, 0.3) is 0 Å². The van der Waals surface area contributed by atoms with Crippen molar-refractivity contribution < 1.29 is 9.53 Å². The van der Waals surface area contributed by atoms with E-state index in [0.717, 1.165) is 13.1 Å². The van der Waals surface area contributed by atoms with Crippen LogP contribution < -0.4 is 10.6 Å². The van der Waals surface area contributed by atoms with Crippen molar-refractivity contribution in [3.05, 3.63) is 0 Å². The van der Waals surface area contributed by atoms with Gasteiger partial charge in [0.2, 0.25) is 0 Å². The number of nitrogens with one attached hydrogen (secondary N) is 2. The largest absolute Gasteiger partial charge is 0.444 e. The molecule has 0 aromatic carbocycles. The number of hydrogen-bond acceptors (Lipinski definition) is 3. The van der Waals surface area contributed by atoms with Crippen LogP contribution in [0.3, 0.4) is 0 Å². The van der Waals surface area contributed by atoms with Crippen LogP contribution in [0.2, 0.25) is 0 Å². The Morgan fingerprint density at radius 1 is 1.55 bits per heavy atom. The maximum atomic E-state index is 10.8. The normalized spacial score (nSPS) is 42.6. The number of hydrogen-bond donors (Lipinski definition) is 2. The van der Waals surface area contributed by atoms with Crippen LogP contribution in [0.1, 0.15) is 6.92 Å². The topological polar surface area (TPSA) is 50.4 Å². The third kappa shape index (κ3) is 1.07. The fourth-order valence-electron chi connectivity index (χ4n) is 1.74. The molecule has 2 fully saturated rings. The van der Waals surface area contributed by atoms with E-state index >= 15 is 0 Å². The zero-order valence-electron chi connectivity index (χ0n) is 6.46. The third-order valence-corrected chi connectivity index (χ3v) is 2.33. The van der Waals surface area contributed by atoms with Gasteiger partial charge >= 0.3 is 6.09 Å². The predicted molar refractivity (Wildman–Crippen MR) is 39.2 cm³/mol. The molecule has 1 unspecified atom stereocenters.